The van der Waals surface area contributed by atoms with Gasteiger partial charge in [-0.25, -0.2) is 0 Å². The smallest absolute Gasteiger partial charge is 0.313 e. The Morgan fingerprint density at radius 2 is 1.81 bits per heavy atom. The van der Waals surface area contributed by atoms with E-state index < -0.39 is 11.7 Å². The van der Waals surface area contributed by atoms with Gasteiger partial charge >= 0.3 is 6.18 Å². The van der Waals surface area contributed by atoms with Crippen LogP contribution < -0.4 is 5.32 Å². The molecular weight excluding hydrogens is 299 g/mol. The van der Waals surface area contributed by atoms with Gasteiger partial charge in [-0.1, -0.05) is 48.9 Å². The quantitative estimate of drug-likeness (QED) is 0.824. The number of benzene rings is 2. The molecule has 0 fully saturated rings. The standard InChI is InChI=1S/C16H15ClF3N/c1-2-21-10-12-8-7-11(9-15(12)17)13-5-3-4-6-14(13)16(18,19)20/h3-9,21H,2,10H2,1H3. The van der Waals surface area contributed by atoms with Crippen molar-refractivity contribution in [2.45, 2.75) is 19.6 Å². The number of rotatable bonds is 4. The monoisotopic (exact) mass is 313 g/mol. The first-order chi connectivity index (χ1) is 9.93. The highest BCUT2D eigenvalue weighted by atomic mass is 35.5. The van der Waals surface area contributed by atoms with Crippen LogP contribution in [0.15, 0.2) is 42.5 Å². The normalized spacial score (nSPS) is 11.7. The van der Waals surface area contributed by atoms with E-state index in [4.69, 9.17) is 11.6 Å². The zero-order valence-electron chi connectivity index (χ0n) is 11.5. The Labute approximate surface area is 126 Å². The third kappa shape index (κ3) is 3.77. The van der Waals surface area contributed by atoms with Crippen molar-refractivity contribution >= 4 is 11.6 Å². The summed E-state index contributed by atoms with van der Waals surface area (Å²) in [5, 5.41) is 3.60. The van der Waals surface area contributed by atoms with Crippen LogP contribution in [-0.4, -0.2) is 6.54 Å². The fourth-order valence-electron chi connectivity index (χ4n) is 2.10. The summed E-state index contributed by atoms with van der Waals surface area (Å²) in [4.78, 5) is 0. The van der Waals surface area contributed by atoms with Crippen molar-refractivity contribution in [1.29, 1.82) is 0 Å². The minimum atomic E-state index is -4.38. The number of halogens is 4. The molecule has 0 heterocycles. The van der Waals surface area contributed by atoms with Gasteiger partial charge in [-0.05, 0) is 35.4 Å². The Morgan fingerprint density at radius 3 is 2.43 bits per heavy atom. The van der Waals surface area contributed by atoms with Crippen molar-refractivity contribution in [3.05, 3.63) is 58.6 Å². The molecule has 2 aromatic carbocycles. The summed E-state index contributed by atoms with van der Waals surface area (Å²) in [6.07, 6.45) is -4.38. The highest BCUT2D eigenvalue weighted by Crippen LogP contribution is 2.37. The van der Waals surface area contributed by atoms with E-state index in [1.165, 1.54) is 12.1 Å². The second-order valence-corrected chi connectivity index (χ2v) is 5.04. The van der Waals surface area contributed by atoms with Crippen molar-refractivity contribution in [2.24, 2.45) is 0 Å². The average molecular weight is 314 g/mol. The van der Waals surface area contributed by atoms with Gasteiger partial charge in [-0.3, -0.25) is 0 Å². The third-order valence-corrected chi connectivity index (χ3v) is 3.51. The molecule has 0 spiro atoms. The van der Waals surface area contributed by atoms with Gasteiger partial charge in [0, 0.05) is 11.6 Å². The summed E-state index contributed by atoms with van der Waals surface area (Å²) >= 11 is 6.16. The zero-order chi connectivity index (χ0) is 15.5. The van der Waals surface area contributed by atoms with Gasteiger partial charge in [0.25, 0.3) is 0 Å². The van der Waals surface area contributed by atoms with E-state index in [1.54, 1.807) is 24.3 Å². The summed E-state index contributed by atoms with van der Waals surface area (Å²) in [5.74, 6) is 0. The maximum atomic E-state index is 13.0. The minimum absolute atomic E-state index is 0.141. The van der Waals surface area contributed by atoms with Gasteiger partial charge in [-0.2, -0.15) is 13.2 Å². The predicted octanol–water partition coefficient (Wildman–Crippen LogP) is 5.14. The Hall–Kier alpha value is -1.52. The lowest BCUT2D eigenvalue weighted by atomic mass is 9.98. The lowest BCUT2D eigenvalue weighted by Gasteiger charge is -2.14. The number of nitrogens with one attached hydrogen (secondary N) is 1. The van der Waals surface area contributed by atoms with Crippen LogP contribution in [0.25, 0.3) is 11.1 Å². The van der Waals surface area contributed by atoms with Gasteiger partial charge in [0.15, 0.2) is 0 Å². The van der Waals surface area contributed by atoms with Crippen molar-refractivity contribution in [3.63, 3.8) is 0 Å². The fourth-order valence-corrected chi connectivity index (χ4v) is 2.35. The van der Waals surface area contributed by atoms with E-state index in [2.05, 4.69) is 5.32 Å². The molecule has 0 amide bonds. The SMILES string of the molecule is CCNCc1ccc(-c2ccccc2C(F)(F)F)cc1Cl. The van der Waals surface area contributed by atoms with E-state index in [0.29, 0.717) is 17.1 Å². The van der Waals surface area contributed by atoms with E-state index in [1.807, 2.05) is 6.92 Å². The van der Waals surface area contributed by atoms with E-state index in [-0.39, 0.29) is 5.56 Å². The lowest BCUT2D eigenvalue weighted by molar-refractivity contribution is -0.137. The van der Waals surface area contributed by atoms with Crippen LogP contribution in [0.2, 0.25) is 5.02 Å². The van der Waals surface area contributed by atoms with Crippen molar-refractivity contribution in [1.82, 2.24) is 5.32 Å². The molecule has 2 rings (SSSR count). The summed E-state index contributed by atoms with van der Waals surface area (Å²) in [6, 6.07) is 10.5. The molecule has 21 heavy (non-hydrogen) atoms. The highest BCUT2D eigenvalue weighted by molar-refractivity contribution is 6.31. The molecular formula is C16H15ClF3N. The summed E-state index contributed by atoms with van der Waals surface area (Å²) in [7, 11) is 0. The largest absolute Gasteiger partial charge is 0.417 e. The van der Waals surface area contributed by atoms with Gasteiger partial charge < -0.3 is 5.32 Å². The number of alkyl halides is 3. The predicted molar refractivity (Wildman–Crippen MR) is 79.3 cm³/mol. The molecule has 5 heteroatoms. The van der Waals surface area contributed by atoms with Crippen LogP contribution in [0, 0.1) is 0 Å². The van der Waals surface area contributed by atoms with Gasteiger partial charge in [0.05, 0.1) is 5.56 Å². The molecule has 1 nitrogen and oxygen atoms in total. The molecule has 0 unspecified atom stereocenters. The molecule has 0 saturated heterocycles. The van der Waals surface area contributed by atoms with E-state index in [0.717, 1.165) is 18.2 Å². The molecule has 0 aliphatic rings. The van der Waals surface area contributed by atoms with Gasteiger partial charge in [0.2, 0.25) is 0 Å². The Balaban J connectivity index is 2.42. The zero-order valence-corrected chi connectivity index (χ0v) is 12.2. The second-order valence-electron chi connectivity index (χ2n) is 4.63. The average Bonchev–Trinajstić information content (AvgIpc) is 2.45. The molecule has 0 bridgehead atoms. The molecule has 2 aromatic rings. The lowest BCUT2D eigenvalue weighted by Crippen LogP contribution is -2.12. The molecule has 0 aliphatic heterocycles. The molecule has 1 N–H and O–H groups in total. The van der Waals surface area contributed by atoms with Crippen LogP contribution in [0.3, 0.4) is 0 Å². The Bertz CT molecular complexity index is 623. The van der Waals surface area contributed by atoms with Crippen LogP contribution in [-0.2, 0) is 12.7 Å². The molecule has 0 aromatic heterocycles. The van der Waals surface area contributed by atoms with Gasteiger partial charge in [-0.15, -0.1) is 0 Å². The molecule has 0 aliphatic carbocycles. The number of hydrogen-bond donors (Lipinski definition) is 1. The number of hydrogen-bond acceptors (Lipinski definition) is 1. The van der Waals surface area contributed by atoms with E-state index in [9.17, 15) is 13.2 Å². The minimum Gasteiger partial charge on any atom is -0.313 e. The summed E-state index contributed by atoms with van der Waals surface area (Å²) < 4.78 is 39.1. The van der Waals surface area contributed by atoms with Gasteiger partial charge in [0.1, 0.15) is 0 Å². The molecule has 0 radical (unpaired) electrons. The topological polar surface area (TPSA) is 12.0 Å². The first kappa shape index (κ1) is 15.9. The molecule has 0 atom stereocenters. The maximum Gasteiger partial charge on any atom is 0.417 e. The molecule has 0 saturated carbocycles. The third-order valence-electron chi connectivity index (χ3n) is 3.16. The van der Waals surface area contributed by atoms with Crippen LogP contribution in [0.4, 0.5) is 13.2 Å². The first-order valence-corrected chi connectivity index (χ1v) is 6.97. The van der Waals surface area contributed by atoms with Crippen LogP contribution in [0.5, 0.6) is 0 Å². The van der Waals surface area contributed by atoms with Crippen molar-refractivity contribution in [2.75, 3.05) is 6.54 Å². The fraction of sp³-hybridized carbons (Fsp3) is 0.250. The van der Waals surface area contributed by atoms with Crippen molar-refractivity contribution < 1.29 is 13.2 Å². The molecule has 112 valence electrons. The first-order valence-electron chi connectivity index (χ1n) is 6.59. The maximum absolute atomic E-state index is 13.0. The van der Waals surface area contributed by atoms with E-state index >= 15 is 0 Å². The Kier molecular flexibility index (Phi) is 4.91. The van der Waals surface area contributed by atoms with Crippen LogP contribution in [0.1, 0.15) is 18.1 Å². The summed E-state index contributed by atoms with van der Waals surface area (Å²) in [6.45, 7) is 3.37. The second kappa shape index (κ2) is 6.50. The van der Waals surface area contributed by atoms with Crippen molar-refractivity contribution in [3.8, 4) is 11.1 Å². The Morgan fingerprint density at radius 1 is 1.10 bits per heavy atom. The van der Waals surface area contributed by atoms with Crippen LogP contribution >= 0.6 is 11.6 Å². The summed E-state index contributed by atoms with van der Waals surface area (Å²) in [5.41, 5.74) is 0.822. The highest BCUT2D eigenvalue weighted by Gasteiger charge is 2.33.